The topological polar surface area (TPSA) is 128 Å². The summed E-state index contributed by atoms with van der Waals surface area (Å²) in [5.41, 5.74) is 0. The van der Waals surface area contributed by atoms with Crippen molar-refractivity contribution >= 4 is 23.8 Å². The van der Waals surface area contributed by atoms with Gasteiger partial charge in [0.15, 0.2) is 0 Å². The smallest absolute Gasteiger partial charge is 0.315 e. The molecule has 1 rings (SSSR count). The Labute approximate surface area is 249 Å². The van der Waals surface area contributed by atoms with Gasteiger partial charge in [0, 0.05) is 25.2 Å². The van der Waals surface area contributed by atoms with E-state index in [2.05, 4.69) is 33.5 Å². The number of carbonyl (C=O) groups is 4. The summed E-state index contributed by atoms with van der Waals surface area (Å²) in [5.74, 6) is -0.851. The number of nitrogens with one attached hydrogen (secondary N) is 5. The van der Waals surface area contributed by atoms with Crippen molar-refractivity contribution in [2.75, 3.05) is 13.1 Å². The predicted octanol–water partition coefficient (Wildman–Crippen LogP) is 5.10. The molecule has 0 saturated heterocycles. The molecule has 5 N–H and O–H groups in total. The molecule has 5 amide bonds. The largest absolute Gasteiger partial charge is 0.353 e. The molecule has 0 aromatic carbocycles. The fourth-order valence-electron chi connectivity index (χ4n) is 4.88. The zero-order chi connectivity index (χ0) is 30.5. The highest BCUT2D eigenvalue weighted by Gasteiger charge is 2.30. The standard InChI is InChI=1S/C32H59N5O4/c1-6-8-9-10-11-12-13-14-15-17-23-34-32(41)37-29(25(5)7-2)31(40)36-27-19-16-18-22-33-28(38)21-20-26(24(3)4)35-30(27)39/h20-21,24-27,29H,6-19,22-23H2,1-5H3,(H,33,38)(H,35,39)(H,36,40)(H2,34,37,41)/b21-20+/t25?,26-,27+,29+/m1/s1. The molecule has 4 atom stereocenters. The first-order valence-electron chi connectivity index (χ1n) is 16.3. The van der Waals surface area contributed by atoms with Crippen LogP contribution in [-0.2, 0) is 14.4 Å². The van der Waals surface area contributed by atoms with Crippen molar-refractivity contribution in [2.45, 2.75) is 143 Å². The third-order valence-electron chi connectivity index (χ3n) is 7.93. The quantitative estimate of drug-likeness (QED) is 0.154. The Morgan fingerprint density at radius 3 is 2.17 bits per heavy atom. The van der Waals surface area contributed by atoms with Gasteiger partial charge in [-0.05, 0) is 37.5 Å². The molecule has 236 valence electrons. The van der Waals surface area contributed by atoms with Crippen LogP contribution in [0.4, 0.5) is 4.79 Å². The second kappa shape index (κ2) is 22.1. The number of unbranched alkanes of at least 4 members (excludes halogenated alkanes) is 9. The zero-order valence-corrected chi connectivity index (χ0v) is 26.5. The summed E-state index contributed by atoms with van der Waals surface area (Å²) in [7, 11) is 0. The van der Waals surface area contributed by atoms with Gasteiger partial charge >= 0.3 is 6.03 Å². The number of amides is 5. The van der Waals surface area contributed by atoms with Gasteiger partial charge in [-0.3, -0.25) is 14.4 Å². The number of rotatable bonds is 17. The average Bonchev–Trinajstić information content (AvgIpc) is 2.94. The van der Waals surface area contributed by atoms with E-state index < -0.39 is 12.1 Å². The summed E-state index contributed by atoms with van der Waals surface area (Å²) in [6.45, 7) is 11.1. The summed E-state index contributed by atoms with van der Waals surface area (Å²) in [5, 5.41) is 14.5. The Bertz CT molecular complexity index is 801. The molecule has 0 bridgehead atoms. The number of hydrogen-bond acceptors (Lipinski definition) is 4. The third kappa shape index (κ3) is 16.5. The van der Waals surface area contributed by atoms with Crippen LogP contribution in [0.1, 0.15) is 125 Å². The molecule has 1 aliphatic rings. The van der Waals surface area contributed by atoms with E-state index in [0.29, 0.717) is 38.8 Å². The van der Waals surface area contributed by atoms with Crippen molar-refractivity contribution < 1.29 is 19.2 Å². The number of carbonyl (C=O) groups excluding carboxylic acids is 4. The molecule has 1 unspecified atom stereocenters. The normalized spacial score (nSPS) is 20.5. The van der Waals surface area contributed by atoms with E-state index in [1.165, 1.54) is 57.4 Å². The lowest BCUT2D eigenvalue weighted by Crippen LogP contribution is -2.58. The molecule has 1 aliphatic heterocycles. The molecule has 9 nitrogen and oxygen atoms in total. The molecule has 0 radical (unpaired) electrons. The minimum absolute atomic E-state index is 0.0658. The molecule has 0 aliphatic carbocycles. The lowest BCUT2D eigenvalue weighted by molar-refractivity contribution is -0.131. The molecule has 0 aromatic heterocycles. The summed E-state index contributed by atoms with van der Waals surface area (Å²) >= 11 is 0. The lowest BCUT2D eigenvalue weighted by Gasteiger charge is -2.28. The first-order chi connectivity index (χ1) is 19.7. The molecule has 0 aromatic rings. The fraction of sp³-hybridized carbons (Fsp3) is 0.812. The van der Waals surface area contributed by atoms with Crippen molar-refractivity contribution in [3.05, 3.63) is 12.2 Å². The maximum Gasteiger partial charge on any atom is 0.315 e. The molecule has 41 heavy (non-hydrogen) atoms. The van der Waals surface area contributed by atoms with E-state index in [4.69, 9.17) is 0 Å². The second-order valence-electron chi connectivity index (χ2n) is 11.9. The van der Waals surface area contributed by atoms with Crippen LogP contribution >= 0.6 is 0 Å². The second-order valence-corrected chi connectivity index (χ2v) is 11.9. The highest BCUT2D eigenvalue weighted by Crippen LogP contribution is 2.12. The van der Waals surface area contributed by atoms with Crippen LogP contribution in [0, 0.1) is 11.8 Å². The third-order valence-corrected chi connectivity index (χ3v) is 7.93. The van der Waals surface area contributed by atoms with E-state index in [-0.39, 0.29) is 41.6 Å². The Balaban J connectivity index is 2.61. The molecule has 0 saturated carbocycles. The van der Waals surface area contributed by atoms with Crippen LogP contribution in [0.3, 0.4) is 0 Å². The van der Waals surface area contributed by atoms with Gasteiger partial charge in [-0.1, -0.05) is 105 Å². The molecule has 1 heterocycles. The molecular formula is C32H59N5O4. The highest BCUT2D eigenvalue weighted by molar-refractivity contribution is 5.92. The monoisotopic (exact) mass is 577 g/mol. The van der Waals surface area contributed by atoms with E-state index in [1.807, 2.05) is 27.7 Å². The molecule has 0 fully saturated rings. The Kier molecular flexibility index (Phi) is 19.6. The van der Waals surface area contributed by atoms with E-state index in [9.17, 15) is 19.2 Å². The van der Waals surface area contributed by atoms with Gasteiger partial charge in [-0.25, -0.2) is 4.79 Å². The maximum absolute atomic E-state index is 13.4. The van der Waals surface area contributed by atoms with Gasteiger partial charge in [0.1, 0.15) is 12.1 Å². The summed E-state index contributed by atoms with van der Waals surface area (Å²) in [6, 6.07) is -2.17. The minimum atomic E-state index is -0.748. The van der Waals surface area contributed by atoms with Crippen LogP contribution in [-0.4, -0.2) is 55.0 Å². The summed E-state index contributed by atoms with van der Waals surface area (Å²) < 4.78 is 0. The van der Waals surface area contributed by atoms with E-state index in [1.54, 1.807) is 6.08 Å². The zero-order valence-electron chi connectivity index (χ0n) is 26.5. The van der Waals surface area contributed by atoms with Gasteiger partial charge < -0.3 is 26.6 Å². The van der Waals surface area contributed by atoms with Crippen molar-refractivity contribution in [3.8, 4) is 0 Å². The van der Waals surface area contributed by atoms with Crippen LogP contribution in [0.5, 0.6) is 0 Å². The van der Waals surface area contributed by atoms with E-state index in [0.717, 1.165) is 12.8 Å². The number of hydrogen-bond donors (Lipinski definition) is 5. The fourth-order valence-corrected chi connectivity index (χ4v) is 4.88. The van der Waals surface area contributed by atoms with Gasteiger partial charge in [0.25, 0.3) is 0 Å². The first kappa shape index (κ1) is 36.4. The minimum Gasteiger partial charge on any atom is -0.353 e. The average molecular weight is 578 g/mol. The van der Waals surface area contributed by atoms with Crippen molar-refractivity contribution in [3.63, 3.8) is 0 Å². The SMILES string of the molecule is CCCCCCCCCCCCNC(=O)N[C@H](C(=O)N[C@H]1CCCCNC(=O)/C=C/[C@H](C(C)C)NC1=O)C(C)CC. The Morgan fingerprint density at radius 2 is 1.56 bits per heavy atom. The highest BCUT2D eigenvalue weighted by atomic mass is 16.2. The maximum atomic E-state index is 13.4. The Hall–Kier alpha value is -2.58. The van der Waals surface area contributed by atoms with Crippen molar-refractivity contribution in [2.24, 2.45) is 11.8 Å². The van der Waals surface area contributed by atoms with Crippen LogP contribution in [0.15, 0.2) is 12.2 Å². The van der Waals surface area contributed by atoms with Gasteiger partial charge in [-0.2, -0.15) is 0 Å². The summed E-state index contributed by atoms with van der Waals surface area (Å²) in [4.78, 5) is 51.2. The predicted molar refractivity (Wildman–Crippen MR) is 166 cm³/mol. The lowest BCUT2D eigenvalue weighted by atomic mass is 9.97. The van der Waals surface area contributed by atoms with E-state index >= 15 is 0 Å². The number of urea groups is 1. The molecule has 0 spiro atoms. The van der Waals surface area contributed by atoms with Crippen molar-refractivity contribution in [1.29, 1.82) is 0 Å². The van der Waals surface area contributed by atoms with Gasteiger partial charge in [-0.15, -0.1) is 0 Å². The van der Waals surface area contributed by atoms with Crippen molar-refractivity contribution in [1.82, 2.24) is 26.6 Å². The summed E-state index contributed by atoms with van der Waals surface area (Å²) in [6.07, 6.45) is 18.0. The first-order valence-corrected chi connectivity index (χ1v) is 16.3. The Morgan fingerprint density at radius 1 is 0.927 bits per heavy atom. The van der Waals surface area contributed by atoms with Crippen LogP contribution in [0.25, 0.3) is 0 Å². The van der Waals surface area contributed by atoms with Crippen LogP contribution < -0.4 is 26.6 Å². The van der Waals surface area contributed by atoms with Gasteiger partial charge in [0.2, 0.25) is 17.7 Å². The molecule has 9 heteroatoms. The van der Waals surface area contributed by atoms with Crippen LogP contribution in [0.2, 0.25) is 0 Å². The van der Waals surface area contributed by atoms with Gasteiger partial charge in [0.05, 0.1) is 0 Å². The molecular weight excluding hydrogens is 518 g/mol.